The van der Waals surface area contributed by atoms with E-state index in [2.05, 4.69) is 17.1 Å². The minimum Gasteiger partial charge on any atom is -0.496 e. The van der Waals surface area contributed by atoms with Crippen LogP contribution >= 0.6 is 0 Å². The molecule has 0 saturated heterocycles. The van der Waals surface area contributed by atoms with E-state index in [1.54, 1.807) is 19.2 Å². The molecule has 0 saturated carbocycles. The van der Waals surface area contributed by atoms with Crippen LogP contribution in [0.15, 0.2) is 90.1 Å². The van der Waals surface area contributed by atoms with E-state index in [1.165, 1.54) is 6.20 Å². The predicted octanol–water partition coefficient (Wildman–Crippen LogP) is 5.22. The van der Waals surface area contributed by atoms with Gasteiger partial charge in [0.05, 0.1) is 7.11 Å². The van der Waals surface area contributed by atoms with Gasteiger partial charge in [-0.2, -0.15) is 4.39 Å². The Kier molecular flexibility index (Phi) is 4.74. The van der Waals surface area contributed by atoms with Crippen LogP contribution in [0.25, 0.3) is 11.1 Å². The van der Waals surface area contributed by atoms with Crippen molar-refractivity contribution in [1.29, 1.82) is 0 Å². The lowest BCUT2D eigenvalue weighted by molar-refractivity contribution is 0.411. The van der Waals surface area contributed by atoms with Crippen molar-refractivity contribution in [2.24, 2.45) is 10.7 Å². The first kappa shape index (κ1) is 19.9. The van der Waals surface area contributed by atoms with Crippen molar-refractivity contribution in [3.63, 3.8) is 0 Å². The van der Waals surface area contributed by atoms with Gasteiger partial charge in [0.2, 0.25) is 5.95 Å². The van der Waals surface area contributed by atoms with Gasteiger partial charge in [0.1, 0.15) is 17.1 Å². The molecule has 2 heterocycles. The van der Waals surface area contributed by atoms with Gasteiger partial charge in [0, 0.05) is 17.3 Å². The highest BCUT2D eigenvalue weighted by atomic mass is 19.1. The molecule has 3 aromatic carbocycles. The number of fused-ring (bicyclic) bond motifs is 1. The molecular weight excluding hydrogens is 401 g/mol. The van der Waals surface area contributed by atoms with Crippen LogP contribution in [0.1, 0.15) is 27.8 Å². The van der Waals surface area contributed by atoms with Crippen molar-refractivity contribution in [3.8, 4) is 16.9 Å². The minimum atomic E-state index is -0.855. The molecular formula is C27H22FN3O. The average molecular weight is 423 g/mol. The lowest BCUT2D eigenvalue weighted by Crippen LogP contribution is -2.25. The quantitative estimate of drug-likeness (QED) is 0.458. The highest BCUT2D eigenvalue weighted by molar-refractivity contribution is 6.03. The van der Waals surface area contributed by atoms with Gasteiger partial charge in [0.25, 0.3) is 0 Å². The average Bonchev–Trinajstić information content (AvgIpc) is 3.13. The SMILES string of the molecule is COc1ccc(C2(c3cccc(-c4cccnc4F)c3)N=C(N)c3ccccc32)cc1C. The van der Waals surface area contributed by atoms with E-state index in [-0.39, 0.29) is 0 Å². The zero-order valence-corrected chi connectivity index (χ0v) is 17.8. The number of rotatable bonds is 4. The van der Waals surface area contributed by atoms with Crippen LogP contribution < -0.4 is 10.5 Å². The summed E-state index contributed by atoms with van der Waals surface area (Å²) in [7, 11) is 1.66. The maximum absolute atomic E-state index is 14.5. The molecule has 1 aromatic heterocycles. The molecule has 1 aliphatic rings. The maximum atomic E-state index is 14.5. The lowest BCUT2D eigenvalue weighted by Gasteiger charge is -2.30. The Labute approximate surface area is 186 Å². The van der Waals surface area contributed by atoms with E-state index in [9.17, 15) is 4.39 Å². The molecule has 0 amide bonds. The topological polar surface area (TPSA) is 60.5 Å². The molecule has 0 bridgehead atoms. The highest BCUT2D eigenvalue weighted by Gasteiger charge is 2.43. The van der Waals surface area contributed by atoms with E-state index in [0.717, 1.165) is 39.1 Å². The summed E-state index contributed by atoms with van der Waals surface area (Å²) in [6.07, 6.45) is 1.45. The number of amidine groups is 1. The van der Waals surface area contributed by atoms with E-state index in [1.807, 2.05) is 61.5 Å². The van der Waals surface area contributed by atoms with Gasteiger partial charge in [-0.3, -0.25) is 0 Å². The fraction of sp³-hybridized carbons (Fsp3) is 0.111. The summed E-state index contributed by atoms with van der Waals surface area (Å²) in [4.78, 5) is 8.84. The molecule has 0 radical (unpaired) electrons. The zero-order chi connectivity index (χ0) is 22.3. The summed E-state index contributed by atoms with van der Waals surface area (Å²) < 4.78 is 19.9. The van der Waals surface area contributed by atoms with E-state index in [0.29, 0.717) is 11.4 Å². The number of nitrogens with zero attached hydrogens (tertiary/aromatic N) is 2. The summed E-state index contributed by atoms with van der Waals surface area (Å²) in [6.45, 7) is 2.01. The van der Waals surface area contributed by atoms with Crippen LogP contribution in [0.3, 0.4) is 0 Å². The van der Waals surface area contributed by atoms with Crippen LogP contribution in [-0.4, -0.2) is 17.9 Å². The standard InChI is InChI=1S/C27H22FN3O/c1-17-15-20(12-13-24(17)32-2)27(23-11-4-3-9-22(23)26(29)31-27)19-8-5-7-18(16-19)21-10-6-14-30-25(21)28/h3-16H,1-2H3,(H2,29,31). The normalized spacial score (nSPS) is 17.0. The Morgan fingerprint density at radius 3 is 2.44 bits per heavy atom. The van der Waals surface area contributed by atoms with Gasteiger partial charge < -0.3 is 10.5 Å². The third-order valence-corrected chi connectivity index (χ3v) is 6.04. The molecule has 5 rings (SSSR count). The van der Waals surface area contributed by atoms with Crippen LogP contribution in [-0.2, 0) is 5.54 Å². The van der Waals surface area contributed by atoms with Gasteiger partial charge in [0.15, 0.2) is 0 Å². The molecule has 4 aromatic rings. The molecule has 1 unspecified atom stereocenters. The molecule has 4 nitrogen and oxygen atoms in total. The second-order valence-electron chi connectivity index (χ2n) is 7.86. The summed E-state index contributed by atoms with van der Waals surface area (Å²) in [5, 5.41) is 0. The van der Waals surface area contributed by atoms with E-state index in [4.69, 9.17) is 15.5 Å². The Hall–Kier alpha value is -3.99. The van der Waals surface area contributed by atoms with Gasteiger partial charge in [-0.05, 0) is 65.1 Å². The zero-order valence-electron chi connectivity index (χ0n) is 17.8. The third-order valence-electron chi connectivity index (χ3n) is 6.04. The monoisotopic (exact) mass is 423 g/mol. The first-order valence-corrected chi connectivity index (χ1v) is 10.4. The number of halogens is 1. The third kappa shape index (κ3) is 2.97. The first-order valence-electron chi connectivity index (χ1n) is 10.4. The molecule has 0 spiro atoms. The number of hydrogen-bond donors (Lipinski definition) is 1. The Morgan fingerprint density at radius 1 is 0.875 bits per heavy atom. The summed E-state index contributed by atoms with van der Waals surface area (Å²) in [6, 6.07) is 25.3. The number of hydrogen-bond acceptors (Lipinski definition) is 4. The highest BCUT2D eigenvalue weighted by Crippen LogP contribution is 2.47. The fourth-order valence-electron chi connectivity index (χ4n) is 4.55. The molecule has 1 aliphatic heterocycles. The van der Waals surface area contributed by atoms with Crippen LogP contribution in [0.4, 0.5) is 4.39 Å². The first-order chi connectivity index (χ1) is 15.5. The van der Waals surface area contributed by atoms with Crippen molar-refractivity contribution >= 4 is 5.84 Å². The van der Waals surface area contributed by atoms with E-state index >= 15 is 0 Å². The van der Waals surface area contributed by atoms with Crippen LogP contribution in [0.5, 0.6) is 5.75 Å². The van der Waals surface area contributed by atoms with E-state index < -0.39 is 11.5 Å². The van der Waals surface area contributed by atoms with Crippen molar-refractivity contribution in [2.45, 2.75) is 12.5 Å². The molecule has 5 heteroatoms. The number of methoxy groups -OCH3 is 1. The largest absolute Gasteiger partial charge is 0.496 e. The predicted molar refractivity (Wildman–Crippen MR) is 124 cm³/mol. The number of aromatic nitrogens is 1. The van der Waals surface area contributed by atoms with Crippen molar-refractivity contribution < 1.29 is 9.13 Å². The number of benzene rings is 3. The number of ether oxygens (including phenoxy) is 1. The number of aliphatic imine (C=N–C) groups is 1. The Bertz CT molecular complexity index is 1360. The van der Waals surface area contributed by atoms with Gasteiger partial charge in [-0.25, -0.2) is 9.98 Å². The number of nitrogens with two attached hydrogens (primary N) is 1. The summed E-state index contributed by atoms with van der Waals surface area (Å²) >= 11 is 0. The molecule has 32 heavy (non-hydrogen) atoms. The molecule has 2 N–H and O–H groups in total. The Morgan fingerprint density at radius 2 is 1.66 bits per heavy atom. The second kappa shape index (κ2) is 7.61. The van der Waals surface area contributed by atoms with Crippen molar-refractivity contribution in [3.05, 3.63) is 119 Å². The fourth-order valence-corrected chi connectivity index (χ4v) is 4.55. The van der Waals surface area contributed by atoms with Crippen LogP contribution in [0, 0.1) is 12.9 Å². The van der Waals surface area contributed by atoms with Crippen LogP contribution in [0.2, 0.25) is 0 Å². The summed E-state index contributed by atoms with van der Waals surface area (Å²) in [5.41, 5.74) is 11.5. The van der Waals surface area contributed by atoms with Gasteiger partial charge in [-0.1, -0.05) is 48.5 Å². The minimum absolute atomic E-state index is 0.443. The second-order valence-corrected chi connectivity index (χ2v) is 7.86. The van der Waals surface area contributed by atoms with Gasteiger partial charge in [-0.15, -0.1) is 0 Å². The van der Waals surface area contributed by atoms with Gasteiger partial charge >= 0.3 is 0 Å². The van der Waals surface area contributed by atoms with Crippen molar-refractivity contribution in [1.82, 2.24) is 4.98 Å². The Balaban J connectivity index is 1.80. The molecule has 0 fully saturated rings. The van der Waals surface area contributed by atoms with Crippen molar-refractivity contribution in [2.75, 3.05) is 7.11 Å². The molecule has 1 atom stereocenters. The molecule has 158 valence electrons. The number of pyridine rings is 1. The molecule has 0 aliphatic carbocycles. The number of aryl methyl sites for hydroxylation is 1. The summed E-state index contributed by atoms with van der Waals surface area (Å²) in [5.74, 6) is 0.777. The lowest BCUT2D eigenvalue weighted by atomic mass is 9.76. The smallest absolute Gasteiger partial charge is 0.220 e. The maximum Gasteiger partial charge on any atom is 0.220 e.